The molecule has 0 unspecified atom stereocenters. The van der Waals surface area contributed by atoms with E-state index in [0.29, 0.717) is 6.61 Å². The lowest BCUT2D eigenvalue weighted by molar-refractivity contribution is -0.0638. The van der Waals surface area contributed by atoms with E-state index in [1.807, 2.05) is 24.3 Å². The molecule has 0 spiro atoms. The summed E-state index contributed by atoms with van der Waals surface area (Å²) in [5.74, 6) is 0.790. The maximum atomic E-state index is 9.27. The molecule has 16 heavy (non-hydrogen) atoms. The van der Waals surface area contributed by atoms with Crippen LogP contribution in [0, 0.1) is 0 Å². The van der Waals surface area contributed by atoms with Crippen molar-refractivity contribution < 1.29 is 19.7 Å². The van der Waals surface area contributed by atoms with Crippen LogP contribution in [0.4, 0.5) is 0 Å². The third-order valence-electron chi connectivity index (χ3n) is 2.34. The van der Waals surface area contributed by atoms with E-state index in [1.54, 1.807) is 14.0 Å². The maximum Gasteiger partial charge on any atom is 0.118 e. The molecule has 0 radical (unpaired) electrons. The lowest BCUT2D eigenvalue weighted by Gasteiger charge is -2.18. The summed E-state index contributed by atoms with van der Waals surface area (Å²) in [6.45, 7) is 1.77. The van der Waals surface area contributed by atoms with Crippen molar-refractivity contribution in [3.05, 3.63) is 29.8 Å². The van der Waals surface area contributed by atoms with E-state index in [1.165, 1.54) is 0 Å². The predicted octanol–water partition coefficient (Wildman–Crippen LogP) is 0.953. The van der Waals surface area contributed by atoms with Crippen LogP contribution in [-0.2, 0) is 11.3 Å². The van der Waals surface area contributed by atoms with Gasteiger partial charge in [-0.2, -0.15) is 0 Å². The minimum Gasteiger partial charge on any atom is -0.497 e. The summed E-state index contributed by atoms with van der Waals surface area (Å²) < 4.78 is 10.4. The first kappa shape index (κ1) is 13.0. The van der Waals surface area contributed by atoms with Crippen LogP contribution in [0.3, 0.4) is 0 Å². The minimum atomic E-state index is -0.678. The first-order valence-corrected chi connectivity index (χ1v) is 5.21. The zero-order chi connectivity index (χ0) is 12.0. The summed E-state index contributed by atoms with van der Waals surface area (Å²) in [5.41, 5.74) is 0.972. The third kappa shape index (κ3) is 3.81. The highest BCUT2D eigenvalue weighted by Crippen LogP contribution is 2.13. The van der Waals surface area contributed by atoms with Gasteiger partial charge in [0.1, 0.15) is 11.9 Å². The molecule has 90 valence electrons. The summed E-state index contributed by atoms with van der Waals surface area (Å²) in [6.07, 6.45) is -1.22. The molecule has 0 aliphatic rings. The zero-order valence-electron chi connectivity index (χ0n) is 9.59. The molecule has 1 aromatic carbocycles. The van der Waals surface area contributed by atoms with Gasteiger partial charge >= 0.3 is 0 Å². The number of hydrogen-bond donors (Lipinski definition) is 2. The lowest BCUT2D eigenvalue weighted by Crippen LogP contribution is -2.29. The number of benzene rings is 1. The fourth-order valence-corrected chi connectivity index (χ4v) is 1.27. The molecule has 4 nitrogen and oxygen atoms in total. The topological polar surface area (TPSA) is 58.9 Å². The van der Waals surface area contributed by atoms with Crippen LogP contribution in [0.1, 0.15) is 12.5 Å². The molecule has 0 aromatic heterocycles. The Morgan fingerprint density at radius 1 is 1.25 bits per heavy atom. The van der Waals surface area contributed by atoms with E-state index in [0.717, 1.165) is 11.3 Å². The van der Waals surface area contributed by atoms with Crippen LogP contribution in [0.5, 0.6) is 5.75 Å². The largest absolute Gasteiger partial charge is 0.497 e. The van der Waals surface area contributed by atoms with Crippen LogP contribution in [0.2, 0.25) is 0 Å². The molecule has 0 amide bonds. The molecule has 0 heterocycles. The summed E-state index contributed by atoms with van der Waals surface area (Å²) in [5, 5.41) is 18.2. The van der Waals surface area contributed by atoms with E-state index < -0.39 is 12.2 Å². The summed E-state index contributed by atoms with van der Waals surface area (Å²) in [7, 11) is 1.61. The molecule has 0 saturated carbocycles. The number of rotatable bonds is 6. The summed E-state index contributed by atoms with van der Waals surface area (Å²) >= 11 is 0. The number of aliphatic hydroxyl groups excluding tert-OH is 2. The highest BCUT2D eigenvalue weighted by molar-refractivity contribution is 5.26. The highest BCUT2D eigenvalue weighted by atomic mass is 16.5. The van der Waals surface area contributed by atoms with Gasteiger partial charge in [-0.1, -0.05) is 12.1 Å². The first-order chi connectivity index (χ1) is 7.67. The Bertz CT molecular complexity index is 294. The fraction of sp³-hybridized carbons (Fsp3) is 0.500. The first-order valence-electron chi connectivity index (χ1n) is 5.21. The van der Waals surface area contributed by atoms with Crippen LogP contribution >= 0.6 is 0 Å². The smallest absolute Gasteiger partial charge is 0.118 e. The third-order valence-corrected chi connectivity index (χ3v) is 2.34. The number of ether oxygens (including phenoxy) is 2. The maximum absolute atomic E-state index is 9.27. The van der Waals surface area contributed by atoms with Crippen LogP contribution < -0.4 is 4.74 Å². The van der Waals surface area contributed by atoms with Gasteiger partial charge in [0, 0.05) is 0 Å². The van der Waals surface area contributed by atoms with Gasteiger partial charge in [-0.05, 0) is 24.6 Å². The van der Waals surface area contributed by atoms with Crippen molar-refractivity contribution in [3.8, 4) is 5.75 Å². The van der Waals surface area contributed by atoms with Crippen LogP contribution in [-0.4, -0.2) is 36.1 Å². The Kier molecular flexibility index (Phi) is 5.25. The highest BCUT2D eigenvalue weighted by Gasteiger charge is 2.13. The standard InChI is InChI=1S/C12H18O4/c1-9(14)12(7-13)16-8-10-3-5-11(15-2)6-4-10/h3-6,9,12-14H,7-8H2,1-2H3/t9-,12+/m0/s1. The van der Waals surface area contributed by atoms with Gasteiger partial charge in [-0.15, -0.1) is 0 Å². The molecule has 0 aliphatic carbocycles. The second-order valence-electron chi connectivity index (χ2n) is 3.62. The van der Waals surface area contributed by atoms with Gasteiger partial charge in [0.05, 0.1) is 26.4 Å². The van der Waals surface area contributed by atoms with Gasteiger partial charge in [0.15, 0.2) is 0 Å². The van der Waals surface area contributed by atoms with E-state index in [2.05, 4.69) is 0 Å². The Morgan fingerprint density at radius 2 is 1.88 bits per heavy atom. The average Bonchev–Trinajstić information content (AvgIpc) is 2.30. The molecule has 2 N–H and O–H groups in total. The lowest BCUT2D eigenvalue weighted by atomic mass is 10.2. The number of hydrogen-bond acceptors (Lipinski definition) is 4. The molecule has 2 atom stereocenters. The molecule has 0 fully saturated rings. The molecular formula is C12H18O4. The molecular weight excluding hydrogens is 208 g/mol. The second kappa shape index (κ2) is 6.48. The summed E-state index contributed by atoms with van der Waals surface area (Å²) in [4.78, 5) is 0. The van der Waals surface area contributed by atoms with Crippen molar-refractivity contribution in [1.82, 2.24) is 0 Å². The Morgan fingerprint density at radius 3 is 2.31 bits per heavy atom. The molecule has 0 saturated heterocycles. The van der Waals surface area contributed by atoms with Crippen molar-refractivity contribution in [2.45, 2.75) is 25.7 Å². The number of methoxy groups -OCH3 is 1. The van der Waals surface area contributed by atoms with Gasteiger partial charge in [-0.3, -0.25) is 0 Å². The average molecular weight is 226 g/mol. The molecule has 1 aromatic rings. The van der Waals surface area contributed by atoms with Crippen molar-refractivity contribution in [2.24, 2.45) is 0 Å². The van der Waals surface area contributed by atoms with Gasteiger partial charge < -0.3 is 19.7 Å². The van der Waals surface area contributed by atoms with E-state index in [-0.39, 0.29) is 6.61 Å². The van der Waals surface area contributed by atoms with Crippen molar-refractivity contribution in [1.29, 1.82) is 0 Å². The molecule has 1 rings (SSSR count). The Balaban J connectivity index is 2.47. The predicted molar refractivity (Wildman–Crippen MR) is 60.3 cm³/mol. The van der Waals surface area contributed by atoms with Crippen LogP contribution in [0.25, 0.3) is 0 Å². The van der Waals surface area contributed by atoms with Crippen molar-refractivity contribution in [2.75, 3.05) is 13.7 Å². The van der Waals surface area contributed by atoms with Crippen molar-refractivity contribution in [3.63, 3.8) is 0 Å². The van der Waals surface area contributed by atoms with E-state index >= 15 is 0 Å². The fourth-order valence-electron chi connectivity index (χ4n) is 1.27. The SMILES string of the molecule is COc1ccc(CO[C@H](CO)[C@H](C)O)cc1. The quantitative estimate of drug-likeness (QED) is 0.758. The van der Waals surface area contributed by atoms with E-state index in [4.69, 9.17) is 14.6 Å². The zero-order valence-corrected chi connectivity index (χ0v) is 9.59. The van der Waals surface area contributed by atoms with E-state index in [9.17, 15) is 5.11 Å². The van der Waals surface area contributed by atoms with Gasteiger partial charge in [0.2, 0.25) is 0 Å². The summed E-state index contributed by atoms with van der Waals surface area (Å²) in [6, 6.07) is 7.45. The van der Waals surface area contributed by atoms with Crippen LogP contribution in [0.15, 0.2) is 24.3 Å². The molecule has 4 heteroatoms. The Labute approximate surface area is 95.4 Å². The number of aliphatic hydroxyl groups is 2. The monoisotopic (exact) mass is 226 g/mol. The van der Waals surface area contributed by atoms with Gasteiger partial charge in [-0.25, -0.2) is 0 Å². The minimum absolute atomic E-state index is 0.187. The second-order valence-corrected chi connectivity index (χ2v) is 3.62. The Hall–Kier alpha value is -1.10. The molecule has 0 bridgehead atoms. The molecule has 0 aliphatic heterocycles. The van der Waals surface area contributed by atoms with Crippen molar-refractivity contribution >= 4 is 0 Å². The normalized spacial score (nSPS) is 14.5. The van der Waals surface area contributed by atoms with Gasteiger partial charge in [0.25, 0.3) is 0 Å².